The first-order chi connectivity index (χ1) is 9.48. The highest BCUT2D eigenvalue weighted by Crippen LogP contribution is 2.19. The van der Waals surface area contributed by atoms with Crippen molar-refractivity contribution in [1.82, 2.24) is 9.88 Å². The Labute approximate surface area is 123 Å². The van der Waals surface area contributed by atoms with Crippen molar-refractivity contribution in [2.75, 3.05) is 18.4 Å². The highest BCUT2D eigenvalue weighted by Gasteiger charge is 2.30. The van der Waals surface area contributed by atoms with Gasteiger partial charge < -0.3 is 0 Å². The van der Waals surface area contributed by atoms with Crippen molar-refractivity contribution in [3.05, 3.63) is 42.1 Å². The second-order valence-electron chi connectivity index (χ2n) is 4.51. The molecule has 6 heteroatoms. The summed E-state index contributed by atoms with van der Waals surface area (Å²) in [5.41, 5.74) is 1.45. The molecular weight excluding hydrogens is 333 g/mol. The van der Waals surface area contributed by atoms with Crippen LogP contribution in [0.25, 0.3) is 10.9 Å². The quantitative estimate of drug-likeness (QED) is 0.761. The minimum absolute atomic E-state index is 0.190. The monoisotopic (exact) mass is 346 g/mol. The standard InChI is InChI=1S/C14H14BrF3N2/c15-7-8-20(10-14(16,17)18)9-12-6-5-11-3-1-2-4-13(11)19-12/h1-6H,7-10H2. The van der Waals surface area contributed by atoms with E-state index in [9.17, 15) is 13.2 Å². The zero-order valence-electron chi connectivity index (χ0n) is 10.7. The molecule has 0 aliphatic carbocycles. The lowest BCUT2D eigenvalue weighted by molar-refractivity contribution is -0.146. The first kappa shape index (κ1) is 15.3. The Morgan fingerprint density at radius 2 is 1.85 bits per heavy atom. The first-order valence-electron chi connectivity index (χ1n) is 6.18. The normalized spacial score (nSPS) is 12.2. The van der Waals surface area contributed by atoms with Gasteiger partial charge in [-0.05, 0) is 12.1 Å². The molecule has 0 saturated heterocycles. The number of pyridine rings is 1. The van der Waals surface area contributed by atoms with Crippen molar-refractivity contribution in [2.45, 2.75) is 12.7 Å². The van der Waals surface area contributed by atoms with E-state index in [0.717, 1.165) is 10.9 Å². The van der Waals surface area contributed by atoms with Gasteiger partial charge in [-0.25, -0.2) is 0 Å². The molecule has 0 spiro atoms. The highest BCUT2D eigenvalue weighted by molar-refractivity contribution is 9.09. The molecule has 0 radical (unpaired) electrons. The topological polar surface area (TPSA) is 16.1 Å². The van der Waals surface area contributed by atoms with Crippen LogP contribution in [0.15, 0.2) is 36.4 Å². The number of hydrogen-bond donors (Lipinski definition) is 0. The summed E-state index contributed by atoms with van der Waals surface area (Å²) in [5.74, 6) is 0. The molecule has 1 aromatic carbocycles. The van der Waals surface area contributed by atoms with Crippen LogP contribution in [0.1, 0.15) is 5.69 Å². The molecule has 1 heterocycles. The van der Waals surface area contributed by atoms with Crippen LogP contribution in [0.4, 0.5) is 13.2 Å². The van der Waals surface area contributed by atoms with Gasteiger partial charge in [-0.2, -0.15) is 13.2 Å². The second kappa shape index (κ2) is 6.54. The molecule has 0 saturated carbocycles. The van der Waals surface area contributed by atoms with Crippen molar-refractivity contribution < 1.29 is 13.2 Å². The van der Waals surface area contributed by atoms with Gasteiger partial charge in [0.2, 0.25) is 0 Å². The Morgan fingerprint density at radius 1 is 1.10 bits per heavy atom. The van der Waals surface area contributed by atoms with Crippen molar-refractivity contribution >= 4 is 26.8 Å². The summed E-state index contributed by atoms with van der Waals surface area (Å²) >= 11 is 3.18. The number of fused-ring (bicyclic) bond motifs is 1. The molecular formula is C14H14BrF3N2. The average Bonchev–Trinajstić information content (AvgIpc) is 2.37. The summed E-state index contributed by atoms with van der Waals surface area (Å²) in [5, 5.41) is 1.48. The van der Waals surface area contributed by atoms with Crippen LogP contribution in [-0.4, -0.2) is 34.5 Å². The molecule has 20 heavy (non-hydrogen) atoms. The van der Waals surface area contributed by atoms with Gasteiger partial charge in [0, 0.05) is 23.8 Å². The molecule has 0 aliphatic heterocycles. The van der Waals surface area contributed by atoms with Gasteiger partial charge in [-0.3, -0.25) is 9.88 Å². The zero-order chi connectivity index (χ0) is 14.6. The molecule has 0 N–H and O–H groups in total. The lowest BCUT2D eigenvalue weighted by Crippen LogP contribution is -2.35. The molecule has 0 aliphatic rings. The fourth-order valence-electron chi connectivity index (χ4n) is 2.01. The average molecular weight is 347 g/mol. The molecule has 0 amide bonds. The van der Waals surface area contributed by atoms with E-state index < -0.39 is 12.7 Å². The number of nitrogens with zero attached hydrogens (tertiary/aromatic N) is 2. The van der Waals surface area contributed by atoms with Crippen molar-refractivity contribution in [3.8, 4) is 0 Å². The van der Waals surface area contributed by atoms with E-state index in [4.69, 9.17) is 0 Å². The number of halogens is 4. The van der Waals surface area contributed by atoms with E-state index in [2.05, 4.69) is 20.9 Å². The number of rotatable bonds is 5. The van der Waals surface area contributed by atoms with Crippen LogP contribution in [0.3, 0.4) is 0 Å². The minimum Gasteiger partial charge on any atom is -0.288 e. The summed E-state index contributed by atoms with van der Waals surface area (Å²) in [6.07, 6.45) is -4.20. The Morgan fingerprint density at radius 3 is 2.55 bits per heavy atom. The number of benzene rings is 1. The third kappa shape index (κ3) is 4.45. The minimum atomic E-state index is -4.20. The maximum Gasteiger partial charge on any atom is 0.401 e. The fraction of sp³-hybridized carbons (Fsp3) is 0.357. The van der Waals surface area contributed by atoms with Gasteiger partial charge >= 0.3 is 6.18 Å². The molecule has 0 bridgehead atoms. The smallest absolute Gasteiger partial charge is 0.288 e. The van der Waals surface area contributed by atoms with Gasteiger partial charge in [0.05, 0.1) is 17.8 Å². The van der Waals surface area contributed by atoms with Crippen LogP contribution >= 0.6 is 15.9 Å². The zero-order valence-corrected chi connectivity index (χ0v) is 12.3. The molecule has 1 aromatic heterocycles. The summed E-state index contributed by atoms with van der Waals surface area (Å²) in [7, 11) is 0. The molecule has 0 fully saturated rings. The van der Waals surface area contributed by atoms with E-state index in [1.165, 1.54) is 4.90 Å². The second-order valence-corrected chi connectivity index (χ2v) is 5.30. The molecule has 2 rings (SSSR count). The molecule has 0 unspecified atom stereocenters. The largest absolute Gasteiger partial charge is 0.401 e. The highest BCUT2D eigenvalue weighted by atomic mass is 79.9. The summed E-state index contributed by atoms with van der Waals surface area (Å²) in [6.45, 7) is -0.406. The maximum atomic E-state index is 12.5. The Bertz CT molecular complexity index is 572. The Hall–Kier alpha value is -1.14. The number of hydrogen-bond acceptors (Lipinski definition) is 2. The summed E-state index contributed by atoms with van der Waals surface area (Å²) in [6, 6.07) is 11.2. The van der Waals surface area contributed by atoms with Crippen LogP contribution < -0.4 is 0 Å². The molecule has 2 aromatic rings. The van der Waals surface area contributed by atoms with E-state index in [1.807, 2.05) is 30.3 Å². The lowest BCUT2D eigenvalue weighted by Gasteiger charge is -2.22. The number of alkyl halides is 4. The third-order valence-corrected chi connectivity index (χ3v) is 3.20. The van der Waals surface area contributed by atoms with Crippen LogP contribution in [0.2, 0.25) is 0 Å². The Kier molecular flexibility index (Phi) is 4.99. The van der Waals surface area contributed by atoms with E-state index in [-0.39, 0.29) is 6.54 Å². The van der Waals surface area contributed by atoms with Crippen molar-refractivity contribution in [1.29, 1.82) is 0 Å². The predicted molar refractivity (Wildman–Crippen MR) is 76.9 cm³/mol. The molecule has 0 atom stereocenters. The van der Waals surface area contributed by atoms with Gasteiger partial charge in [0.25, 0.3) is 0 Å². The fourth-order valence-corrected chi connectivity index (χ4v) is 2.51. The van der Waals surface area contributed by atoms with Crippen molar-refractivity contribution in [3.63, 3.8) is 0 Å². The van der Waals surface area contributed by atoms with Gasteiger partial charge in [-0.1, -0.05) is 40.2 Å². The maximum absolute atomic E-state index is 12.5. The SMILES string of the molecule is FC(F)(F)CN(CCBr)Cc1ccc2ccccc2n1. The molecule has 2 nitrogen and oxygen atoms in total. The van der Waals surface area contributed by atoms with E-state index >= 15 is 0 Å². The summed E-state index contributed by atoms with van der Waals surface area (Å²) < 4.78 is 37.5. The van der Waals surface area contributed by atoms with E-state index in [1.54, 1.807) is 6.07 Å². The first-order valence-corrected chi connectivity index (χ1v) is 7.30. The third-order valence-electron chi connectivity index (χ3n) is 2.85. The van der Waals surface area contributed by atoms with E-state index in [0.29, 0.717) is 17.6 Å². The molecule has 108 valence electrons. The van der Waals surface area contributed by atoms with Crippen LogP contribution in [0, 0.1) is 0 Å². The predicted octanol–water partition coefficient (Wildman–Crippen LogP) is 3.99. The van der Waals surface area contributed by atoms with Gasteiger partial charge in [0.1, 0.15) is 0 Å². The van der Waals surface area contributed by atoms with Gasteiger partial charge in [-0.15, -0.1) is 0 Å². The number of aromatic nitrogens is 1. The van der Waals surface area contributed by atoms with Gasteiger partial charge in [0.15, 0.2) is 0 Å². The summed E-state index contributed by atoms with van der Waals surface area (Å²) in [4.78, 5) is 5.74. The van der Waals surface area contributed by atoms with Crippen molar-refractivity contribution in [2.24, 2.45) is 0 Å². The van der Waals surface area contributed by atoms with Crippen LogP contribution in [-0.2, 0) is 6.54 Å². The Balaban J connectivity index is 2.15. The lowest BCUT2D eigenvalue weighted by atomic mass is 10.2. The number of para-hydroxylation sites is 1. The van der Waals surface area contributed by atoms with Crippen LogP contribution in [0.5, 0.6) is 0 Å².